The Labute approximate surface area is 133 Å². The topological polar surface area (TPSA) is 51.8 Å². The van der Waals surface area contributed by atoms with Gasteiger partial charge in [0.25, 0.3) is 0 Å². The van der Waals surface area contributed by atoms with Crippen molar-refractivity contribution in [2.24, 2.45) is 0 Å². The van der Waals surface area contributed by atoms with Crippen LogP contribution in [0.4, 0.5) is 5.82 Å². The smallest absolute Gasteiger partial charge is 0.163 e. The molecule has 0 spiro atoms. The molecule has 20 heavy (non-hydrogen) atoms. The highest BCUT2D eigenvalue weighted by atomic mass is 79.9. The summed E-state index contributed by atoms with van der Waals surface area (Å²) in [5.41, 5.74) is 7.40. The Kier molecular flexibility index (Phi) is 3.54. The lowest BCUT2D eigenvalue weighted by molar-refractivity contribution is 1.23. The molecule has 100 valence electrons. The van der Waals surface area contributed by atoms with E-state index in [1.807, 2.05) is 12.1 Å². The minimum absolute atomic E-state index is 0.403. The number of rotatable bonds is 1. The van der Waals surface area contributed by atoms with Crippen molar-refractivity contribution in [1.82, 2.24) is 9.97 Å². The SMILES string of the molecule is Nc1nc(-c2ccc(Br)cc2Cl)nc2cc(Cl)ccc12. The zero-order chi connectivity index (χ0) is 14.3. The highest BCUT2D eigenvalue weighted by molar-refractivity contribution is 9.10. The molecule has 1 heterocycles. The molecular weight excluding hydrogens is 361 g/mol. The van der Waals surface area contributed by atoms with Crippen LogP contribution in [0.3, 0.4) is 0 Å². The predicted octanol–water partition coefficient (Wildman–Crippen LogP) is 4.95. The molecule has 6 heteroatoms. The molecule has 2 aromatic carbocycles. The maximum absolute atomic E-state index is 6.22. The van der Waals surface area contributed by atoms with Gasteiger partial charge >= 0.3 is 0 Å². The molecule has 2 N–H and O–H groups in total. The fraction of sp³-hybridized carbons (Fsp3) is 0. The second-order valence-electron chi connectivity index (χ2n) is 4.22. The lowest BCUT2D eigenvalue weighted by Gasteiger charge is -2.07. The molecule has 0 radical (unpaired) electrons. The maximum atomic E-state index is 6.22. The van der Waals surface area contributed by atoms with Crippen LogP contribution in [0.5, 0.6) is 0 Å². The number of halogens is 3. The van der Waals surface area contributed by atoms with Crippen molar-refractivity contribution in [3.8, 4) is 11.4 Å². The van der Waals surface area contributed by atoms with Gasteiger partial charge < -0.3 is 5.73 Å². The van der Waals surface area contributed by atoms with Crippen LogP contribution >= 0.6 is 39.1 Å². The van der Waals surface area contributed by atoms with Gasteiger partial charge in [0.05, 0.1) is 10.5 Å². The van der Waals surface area contributed by atoms with E-state index in [0.717, 1.165) is 15.4 Å². The Bertz CT molecular complexity index is 821. The van der Waals surface area contributed by atoms with Crippen molar-refractivity contribution >= 4 is 55.9 Å². The van der Waals surface area contributed by atoms with Crippen LogP contribution in [0.1, 0.15) is 0 Å². The van der Waals surface area contributed by atoms with E-state index in [1.165, 1.54) is 0 Å². The number of nitrogen functional groups attached to an aromatic ring is 1. The van der Waals surface area contributed by atoms with E-state index in [0.29, 0.717) is 27.2 Å². The largest absolute Gasteiger partial charge is 0.383 e. The van der Waals surface area contributed by atoms with Crippen LogP contribution in [0.15, 0.2) is 40.9 Å². The predicted molar refractivity (Wildman–Crippen MR) is 87.1 cm³/mol. The van der Waals surface area contributed by atoms with Crippen molar-refractivity contribution < 1.29 is 0 Å². The van der Waals surface area contributed by atoms with Gasteiger partial charge in [-0.2, -0.15) is 0 Å². The monoisotopic (exact) mass is 367 g/mol. The second kappa shape index (κ2) is 5.20. The standard InChI is InChI=1S/C14H8BrCl2N3/c15-7-1-3-9(11(17)5-7)14-19-12-6-8(16)2-4-10(12)13(18)20-14/h1-6H,(H2,18,19,20). The highest BCUT2D eigenvalue weighted by Crippen LogP contribution is 2.31. The van der Waals surface area contributed by atoms with E-state index >= 15 is 0 Å². The van der Waals surface area contributed by atoms with Crippen LogP contribution in [-0.2, 0) is 0 Å². The Hall–Kier alpha value is -1.36. The molecule has 0 aliphatic heterocycles. The van der Waals surface area contributed by atoms with E-state index in [1.54, 1.807) is 24.3 Å². The number of fused-ring (bicyclic) bond motifs is 1. The quantitative estimate of drug-likeness (QED) is 0.661. The molecular formula is C14H8BrCl2N3. The van der Waals surface area contributed by atoms with Gasteiger partial charge in [-0.15, -0.1) is 0 Å². The molecule has 3 rings (SSSR count). The summed E-state index contributed by atoms with van der Waals surface area (Å²) in [6, 6.07) is 10.8. The molecule has 0 amide bonds. The summed E-state index contributed by atoms with van der Waals surface area (Å²) in [7, 11) is 0. The number of nitrogens with two attached hydrogens (primary N) is 1. The number of nitrogens with zero attached hydrogens (tertiary/aromatic N) is 2. The van der Waals surface area contributed by atoms with Crippen molar-refractivity contribution in [2.75, 3.05) is 5.73 Å². The van der Waals surface area contributed by atoms with Gasteiger partial charge in [-0.05, 0) is 36.4 Å². The summed E-state index contributed by atoms with van der Waals surface area (Å²) in [6.45, 7) is 0. The summed E-state index contributed by atoms with van der Waals surface area (Å²) in [5, 5.41) is 1.93. The number of aromatic nitrogens is 2. The Morgan fingerprint density at radius 3 is 2.55 bits per heavy atom. The van der Waals surface area contributed by atoms with Crippen LogP contribution in [0.25, 0.3) is 22.3 Å². The fourth-order valence-electron chi connectivity index (χ4n) is 1.92. The zero-order valence-corrected chi connectivity index (χ0v) is 13.2. The lowest BCUT2D eigenvalue weighted by Crippen LogP contribution is -1.98. The van der Waals surface area contributed by atoms with Crippen LogP contribution < -0.4 is 5.73 Å². The van der Waals surface area contributed by atoms with E-state index in [4.69, 9.17) is 28.9 Å². The number of hydrogen-bond acceptors (Lipinski definition) is 3. The van der Waals surface area contributed by atoms with Crippen molar-refractivity contribution in [1.29, 1.82) is 0 Å². The van der Waals surface area contributed by atoms with E-state index < -0.39 is 0 Å². The first-order valence-corrected chi connectivity index (χ1v) is 7.28. The summed E-state index contributed by atoms with van der Waals surface area (Å²) < 4.78 is 0.892. The number of benzene rings is 2. The molecule has 0 aliphatic rings. The molecule has 0 aliphatic carbocycles. The van der Waals surface area contributed by atoms with Crippen molar-refractivity contribution in [3.05, 3.63) is 50.9 Å². The van der Waals surface area contributed by atoms with Gasteiger partial charge in [0.1, 0.15) is 5.82 Å². The lowest BCUT2D eigenvalue weighted by atomic mass is 10.2. The first kappa shape index (κ1) is 13.6. The molecule has 0 atom stereocenters. The van der Waals surface area contributed by atoms with Gasteiger partial charge in [-0.25, -0.2) is 9.97 Å². The Morgan fingerprint density at radius 1 is 1.00 bits per heavy atom. The van der Waals surface area contributed by atoms with Crippen LogP contribution in [-0.4, -0.2) is 9.97 Å². The highest BCUT2D eigenvalue weighted by Gasteiger charge is 2.11. The average Bonchev–Trinajstić information content (AvgIpc) is 2.37. The van der Waals surface area contributed by atoms with Crippen molar-refractivity contribution in [2.45, 2.75) is 0 Å². The van der Waals surface area contributed by atoms with Gasteiger partial charge in [-0.3, -0.25) is 0 Å². The summed E-state index contributed by atoms with van der Waals surface area (Å²) in [5.74, 6) is 0.885. The maximum Gasteiger partial charge on any atom is 0.163 e. The summed E-state index contributed by atoms with van der Waals surface area (Å²) in [4.78, 5) is 8.80. The second-order valence-corrected chi connectivity index (χ2v) is 5.98. The van der Waals surface area contributed by atoms with E-state index in [-0.39, 0.29) is 0 Å². The third-order valence-electron chi connectivity index (χ3n) is 2.86. The average molecular weight is 369 g/mol. The summed E-state index contributed by atoms with van der Waals surface area (Å²) >= 11 is 15.6. The number of anilines is 1. The molecule has 0 bridgehead atoms. The Morgan fingerprint density at radius 2 is 1.80 bits per heavy atom. The normalized spacial score (nSPS) is 10.9. The molecule has 3 nitrogen and oxygen atoms in total. The van der Waals surface area contributed by atoms with Crippen LogP contribution in [0.2, 0.25) is 10.0 Å². The van der Waals surface area contributed by atoms with Gasteiger partial charge in [0, 0.05) is 20.4 Å². The first-order valence-electron chi connectivity index (χ1n) is 5.73. The zero-order valence-electron chi connectivity index (χ0n) is 10.1. The third kappa shape index (κ3) is 2.46. The fourth-order valence-corrected chi connectivity index (χ4v) is 2.84. The Balaban J connectivity index is 2.26. The van der Waals surface area contributed by atoms with Gasteiger partial charge in [-0.1, -0.05) is 39.1 Å². The molecule has 0 fully saturated rings. The van der Waals surface area contributed by atoms with E-state index in [2.05, 4.69) is 25.9 Å². The molecule has 0 unspecified atom stereocenters. The molecule has 3 aromatic rings. The van der Waals surface area contributed by atoms with E-state index in [9.17, 15) is 0 Å². The molecule has 0 saturated heterocycles. The summed E-state index contributed by atoms with van der Waals surface area (Å²) in [6.07, 6.45) is 0. The first-order chi connectivity index (χ1) is 9.54. The molecule has 1 aromatic heterocycles. The minimum atomic E-state index is 0.403. The third-order valence-corrected chi connectivity index (χ3v) is 3.90. The minimum Gasteiger partial charge on any atom is -0.383 e. The molecule has 0 saturated carbocycles. The number of hydrogen-bond donors (Lipinski definition) is 1. The van der Waals surface area contributed by atoms with Crippen LogP contribution in [0, 0.1) is 0 Å². The van der Waals surface area contributed by atoms with Gasteiger partial charge in [0.15, 0.2) is 5.82 Å². The van der Waals surface area contributed by atoms with Gasteiger partial charge in [0.2, 0.25) is 0 Å². The van der Waals surface area contributed by atoms with Crippen molar-refractivity contribution in [3.63, 3.8) is 0 Å².